The zero-order chi connectivity index (χ0) is 10.3. The van der Waals surface area contributed by atoms with Crippen LogP contribution < -0.4 is 10.6 Å². The summed E-state index contributed by atoms with van der Waals surface area (Å²) in [5, 5.41) is 0. The largest absolute Gasteiger partial charge is 0.400 e. The number of fused-ring (bicyclic) bond motifs is 3. The van der Waals surface area contributed by atoms with E-state index in [1.807, 2.05) is 18.2 Å². The number of rotatable bonds is 0. The van der Waals surface area contributed by atoms with Gasteiger partial charge in [-0.05, 0) is 23.8 Å². The number of nitrogens with two attached hydrogens (primary N) is 1. The Hall–Kier alpha value is -1.96. The van der Waals surface area contributed by atoms with Crippen molar-refractivity contribution < 1.29 is 0 Å². The second-order valence-corrected chi connectivity index (χ2v) is 3.78. The van der Waals surface area contributed by atoms with E-state index >= 15 is 0 Å². The summed E-state index contributed by atoms with van der Waals surface area (Å²) >= 11 is 0. The Balaban J connectivity index is 2.20. The number of hydrogen-bond acceptors (Lipinski definition) is 2. The maximum atomic E-state index is 6.04. The van der Waals surface area contributed by atoms with Crippen LogP contribution in [0.15, 0.2) is 54.4 Å². The van der Waals surface area contributed by atoms with Gasteiger partial charge in [-0.3, -0.25) is 0 Å². The van der Waals surface area contributed by atoms with Crippen LogP contribution in [0.3, 0.4) is 0 Å². The van der Waals surface area contributed by atoms with Crippen LogP contribution in [-0.2, 0) is 0 Å². The third-order valence-electron chi connectivity index (χ3n) is 2.83. The molecule has 0 bridgehead atoms. The highest BCUT2D eigenvalue weighted by atomic mass is 15.2. The average Bonchev–Trinajstić information content (AvgIpc) is 2.30. The van der Waals surface area contributed by atoms with E-state index in [2.05, 4.69) is 41.5 Å². The highest BCUT2D eigenvalue weighted by Crippen LogP contribution is 2.32. The molecule has 3 rings (SSSR count). The number of para-hydroxylation sites is 1. The molecule has 0 spiro atoms. The van der Waals surface area contributed by atoms with Crippen LogP contribution in [0, 0.1) is 0 Å². The Morgan fingerprint density at radius 2 is 2.00 bits per heavy atom. The Labute approximate surface area is 89.0 Å². The molecule has 0 saturated carbocycles. The van der Waals surface area contributed by atoms with Gasteiger partial charge >= 0.3 is 0 Å². The van der Waals surface area contributed by atoms with Gasteiger partial charge in [-0.1, -0.05) is 30.4 Å². The fourth-order valence-corrected chi connectivity index (χ4v) is 2.11. The van der Waals surface area contributed by atoms with Crippen molar-refractivity contribution in [2.75, 3.05) is 4.90 Å². The lowest BCUT2D eigenvalue weighted by atomic mass is 9.99. The maximum Gasteiger partial charge on any atom is 0.0916 e. The molecule has 74 valence electrons. The molecule has 0 aliphatic carbocycles. The van der Waals surface area contributed by atoms with Gasteiger partial charge in [0.2, 0.25) is 0 Å². The van der Waals surface area contributed by atoms with Crippen molar-refractivity contribution >= 4 is 11.8 Å². The molecular formula is C13H12N2. The molecule has 0 fully saturated rings. The number of allylic oxidation sites excluding steroid dienone is 2. The highest BCUT2D eigenvalue weighted by molar-refractivity contribution is 5.76. The van der Waals surface area contributed by atoms with E-state index in [4.69, 9.17) is 5.73 Å². The van der Waals surface area contributed by atoms with E-state index in [1.165, 1.54) is 11.3 Å². The standard InChI is InChI=1S/C13H12N2/c14-11-9-10-5-1-2-6-12(10)15-8-4-3-7-13(11)15/h1-9,13H,14H2. The van der Waals surface area contributed by atoms with Crippen LogP contribution >= 0.6 is 0 Å². The molecule has 0 aromatic heterocycles. The predicted octanol–water partition coefficient (Wildman–Crippen LogP) is 2.26. The second kappa shape index (κ2) is 3.02. The van der Waals surface area contributed by atoms with E-state index in [0.29, 0.717) is 0 Å². The van der Waals surface area contributed by atoms with Gasteiger partial charge < -0.3 is 10.6 Å². The van der Waals surface area contributed by atoms with Crippen LogP contribution in [0.4, 0.5) is 5.69 Å². The second-order valence-electron chi connectivity index (χ2n) is 3.78. The van der Waals surface area contributed by atoms with Crippen LogP contribution in [-0.4, -0.2) is 6.04 Å². The summed E-state index contributed by atoms with van der Waals surface area (Å²) < 4.78 is 0. The summed E-state index contributed by atoms with van der Waals surface area (Å²) in [6, 6.07) is 8.48. The van der Waals surface area contributed by atoms with Crippen molar-refractivity contribution in [1.82, 2.24) is 0 Å². The van der Waals surface area contributed by atoms with Crippen molar-refractivity contribution in [2.45, 2.75) is 6.04 Å². The SMILES string of the molecule is NC1=Cc2ccccc2N2C=CC=CC12. The number of benzene rings is 1. The lowest BCUT2D eigenvalue weighted by molar-refractivity contribution is 0.852. The topological polar surface area (TPSA) is 29.3 Å². The summed E-state index contributed by atoms with van der Waals surface area (Å²) in [5.41, 5.74) is 9.34. The molecule has 15 heavy (non-hydrogen) atoms. The van der Waals surface area contributed by atoms with Crippen molar-refractivity contribution in [3.8, 4) is 0 Å². The van der Waals surface area contributed by atoms with Crippen molar-refractivity contribution in [3.05, 3.63) is 60.0 Å². The van der Waals surface area contributed by atoms with E-state index in [-0.39, 0.29) is 6.04 Å². The van der Waals surface area contributed by atoms with Crippen molar-refractivity contribution in [2.24, 2.45) is 5.73 Å². The smallest absolute Gasteiger partial charge is 0.0916 e. The predicted molar refractivity (Wildman–Crippen MR) is 63.2 cm³/mol. The Bertz CT molecular complexity index is 483. The van der Waals surface area contributed by atoms with Crippen LogP contribution in [0.1, 0.15) is 5.56 Å². The van der Waals surface area contributed by atoms with Gasteiger partial charge in [-0.15, -0.1) is 0 Å². The minimum atomic E-state index is 0.185. The van der Waals surface area contributed by atoms with Gasteiger partial charge in [-0.2, -0.15) is 0 Å². The molecule has 2 aliphatic heterocycles. The minimum Gasteiger partial charge on any atom is -0.400 e. The third kappa shape index (κ3) is 1.18. The summed E-state index contributed by atoms with van der Waals surface area (Å²) in [4.78, 5) is 2.20. The molecular weight excluding hydrogens is 184 g/mol. The first-order valence-corrected chi connectivity index (χ1v) is 5.06. The quantitative estimate of drug-likeness (QED) is 0.689. The highest BCUT2D eigenvalue weighted by Gasteiger charge is 2.24. The summed E-state index contributed by atoms with van der Waals surface area (Å²) in [6.07, 6.45) is 10.3. The van der Waals surface area contributed by atoms with E-state index in [9.17, 15) is 0 Å². The molecule has 1 atom stereocenters. The summed E-state index contributed by atoms with van der Waals surface area (Å²) in [5.74, 6) is 0. The summed E-state index contributed by atoms with van der Waals surface area (Å²) in [7, 11) is 0. The minimum absolute atomic E-state index is 0.185. The van der Waals surface area contributed by atoms with Gasteiger partial charge in [0.25, 0.3) is 0 Å². The molecule has 0 amide bonds. The monoisotopic (exact) mass is 196 g/mol. The number of nitrogens with zero attached hydrogens (tertiary/aromatic N) is 1. The maximum absolute atomic E-state index is 6.04. The first kappa shape index (κ1) is 8.36. The Morgan fingerprint density at radius 3 is 2.93 bits per heavy atom. The number of anilines is 1. The first-order valence-electron chi connectivity index (χ1n) is 5.06. The fourth-order valence-electron chi connectivity index (χ4n) is 2.11. The van der Waals surface area contributed by atoms with E-state index in [0.717, 1.165) is 5.70 Å². The molecule has 2 heteroatoms. The summed E-state index contributed by atoms with van der Waals surface area (Å²) in [6.45, 7) is 0. The molecule has 1 aromatic carbocycles. The third-order valence-corrected chi connectivity index (χ3v) is 2.83. The molecule has 2 aliphatic rings. The molecule has 0 saturated heterocycles. The van der Waals surface area contributed by atoms with Gasteiger partial charge in [-0.25, -0.2) is 0 Å². The zero-order valence-corrected chi connectivity index (χ0v) is 8.30. The van der Waals surface area contributed by atoms with Gasteiger partial charge in [0.1, 0.15) is 0 Å². The van der Waals surface area contributed by atoms with Gasteiger partial charge in [0, 0.05) is 17.6 Å². The van der Waals surface area contributed by atoms with Crippen molar-refractivity contribution in [1.29, 1.82) is 0 Å². The average molecular weight is 196 g/mol. The molecule has 1 unspecified atom stereocenters. The molecule has 2 N–H and O–H groups in total. The van der Waals surface area contributed by atoms with Crippen LogP contribution in [0.25, 0.3) is 6.08 Å². The Kier molecular flexibility index (Phi) is 1.68. The van der Waals surface area contributed by atoms with Crippen LogP contribution in [0.5, 0.6) is 0 Å². The lowest BCUT2D eigenvalue weighted by Gasteiger charge is -2.35. The van der Waals surface area contributed by atoms with Crippen molar-refractivity contribution in [3.63, 3.8) is 0 Å². The fraction of sp³-hybridized carbons (Fsp3) is 0.0769. The number of hydrogen-bond donors (Lipinski definition) is 1. The van der Waals surface area contributed by atoms with E-state index < -0.39 is 0 Å². The first-order chi connectivity index (χ1) is 7.36. The lowest BCUT2D eigenvalue weighted by Crippen LogP contribution is -2.37. The zero-order valence-electron chi connectivity index (χ0n) is 8.30. The molecule has 1 aromatic rings. The molecule has 2 heterocycles. The Morgan fingerprint density at radius 1 is 1.13 bits per heavy atom. The molecule has 0 radical (unpaired) electrons. The van der Waals surface area contributed by atoms with Crippen LogP contribution in [0.2, 0.25) is 0 Å². The van der Waals surface area contributed by atoms with Gasteiger partial charge in [0.05, 0.1) is 6.04 Å². The molecule has 2 nitrogen and oxygen atoms in total. The van der Waals surface area contributed by atoms with E-state index in [1.54, 1.807) is 0 Å². The normalized spacial score (nSPS) is 22.0. The van der Waals surface area contributed by atoms with Gasteiger partial charge in [0.15, 0.2) is 0 Å².